The Morgan fingerprint density at radius 2 is 2.09 bits per heavy atom. The molecule has 0 aliphatic carbocycles. The van der Waals surface area contributed by atoms with Gasteiger partial charge in [-0.2, -0.15) is 0 Å². The normalized spacial score (nSPS) is 13.4. The van der Waals surface area contributed by atoms with Gasteiger partial charge in [-0.1, -0.05) is 6.92 Å². The van der Waals surface area contributed by atoms with Crippen molar-refractivity contribution in [3.05, 3.63) is 0 Å². The Hall–Kier alpha value is -0.120. The summed E-state index contributed by atoms with van der Waals surface area (Å²) in [5.74, 6) is 0. The molecule has 0 aromatic heterocycles. The second-order valence-electron chi connectivity index (χ2n) is 2.67. The van der Waals surface area contributed by atoms with Crippen LogP contribution in [0.4, 0.5) is 0 Å². The van der Waals surface area contributed by atoms with Crippen LogP contribution in [0.1, 0.15) is 26.2 Å². The van der Waals surface area contributed by atoms with E-state index in [9.17, 15) is 5.11 Å². The summed E-state index contributed by atoms with van der Waals surface area (Å²) in [6, 6.07) is 0. The van der Waals surface area contributed by atoms with Crippen molar-refractivity contribution in [1.29, 1.82) is 0 Å². The van der Waals surface area contributed by atoms with Crippen molar-refractivity contribution in [3.63, 3.8) is 0 Å². The smallest absolute Gasteiger partial charge is 0.104 e. The maximum atomic E-state index is 9.22. The van der Waals surface area contributed by atoms with Gasteiger partial charge in [0.05, 0.1) is 0 Å². The summed E-state index contributed by atoms with van der Waals surface area (Å²) in [5.41, 5.74) is 0. The highest BCUT2D eigenvalue weighted by atomic mass is 16.3. The molecule has 0 amide bonds. The summed E-state index contributed by atoms with van der Waals surface area (Å²) in [6.07, 6.45) is 2.76. The highest BCUT2D eigenvalue weighted by Crippen LogP contribution is 1.96. The number of aliphatic hydroxyl groups excluding tert-OH is 1. The Labute approximate surface area is 69.2 Å². The van der Waals surface area contributed by atoms with E-state index >= 15 is 0 Å². The molecule has 1 atom stereocenters. The molecule has 1 unspecified atom stereocenters. The van der Waals surface area contributed by atoms with Crippen molar-refractivity contribution >= 4 is 0 Å². The molecular weight excluding hydrogens is 140 g/mol. The van der Waals surface area contributed by atoms with Gasteiger partial charge in [0.25, 0.3) is 0 Å². The van der Waals surface area contributed by atoms with Crippen LogP contribution in [0.2, 0.25) is 0 Å². The Morgan fingerprint density at radius 1 is 1.36 bits per heavy atom. The summed E-state index contributed by atoms with van der Waals surface area (Å²) in [6.45, 7) is 3.88. The number of rotatable bonds is 7. The zero-order valence-corrected chi connectivity index (χ0v) is 7.56. The fraction of sp³-hybridized carbons (Fsp3) is 1.00. The molecule has 0 aromatic carbocycles. The molecule has 0 aromatic rings. The van der Waals surface area contributed by atoms with E-state index in [4.69, 9.17) is 0 Å². The van der Waals surface area contributed by atoms with Crippen LogP contribution in [0.15, 0.2) is 0 Å². The maximum absolute atomic E-state index is 9.22. The van der Waals surface area contributed by atoms with Crippen LogP contribution in [-0.4, -0.2) is 31.5 Å². The van der Waals surface area contributed by atoms with E-state index in [0.717, 1.165) is 32.4 Å². The van der Waals surface area contributed by atoms with E-state index in [-0.39, 0.29) is 6.23 Å². The highest BCUT2D eigenvalue weighted by molar-refractivity contribution is 4.52. The highest BCUT2D eigenvalue weighted by Gasteiger charge is 1.99. The summed E-state index contributed by atoms with van der Waals surface area (Å²) >= 11 is 0. The lowest BCUT2D eigenvalue weighted by molar-refractivity contribution is 0.127. The van der Waals surface area contributed by atoms with Crippen LogP contribution in [0.3, 0.4) is 0 Å². The first-order valence-electron chi connectivity index (χ1n) is 4.37. The molecule has 0 heterocycles. The molecule has 0 fully saturated rings. The third-order valence-corrected chi connectivity index (χ3v) is 1.59. The molecule has 0 rings (SSSR count). The first-order chi connectivity index (χ1) is 5.31. The van der Waals surface area contributed by atoms with Gasteiger partial charge in [0.2, 0.25) is 0 Å². The van der Waals surface area contributed by atoms with Crippen LogP contribution in [0, 0.1) is 0 Å². The lowest BCUT2D eigenvalue weighted by atomic mass is 10.2. The molecule has 3 N–H and O–H groups in total. The molecule has 0 aliphatic rings. The van der Waals surface area contributed by atoms with Gasteiger partial charge >= 0.3 is 0 Å². The van der Waals surface area contributed by atoms with Crippen molar-refractivity contribution < 1.29 is 5.11 Å². The van der Waals surface area contributed by atoms with Gasteiger partial charge in [0.15, 0.2) is 0 Å². The monoisotopic (exact) mass is 160 g/mol. The third-order valence-electron chi connectivity index (χ3n) is 1.59. The van der Waals surface area contributed by atoms with Crippen LogP contribution in [-0.2, 0) is 0 Å². The van der Waals surface area contributed by atoms with Crippen LogP contribution < -0.4 is 10.6 Å². The van der Waals surface area contributed by atoms with Gasteiger partial charge in [0.1, 0.15) is 6.23 Å². The van der Waals surface area contributed by atoms with Crippen LogP contribution in [0.5, 0.6) is 0 Å². The van der Waals surface area contributed by atoms with Gasteiger partial charge in [-0.15, -0.1) is 0 Å². The minimum atomic E-state index is -0.308. The average Bonchev–Trinajstić information content (AvgIpc) is 1.99. The fourth-order valence-electron chi connectivity index (χ4n) is 0.977. The van der Waals surface area contributed by atoms with E-state index < -0.39 is 0 Å². The predicted octanol–water partition coefficient (Wildman–Crippen LogP) is 0.304. The topological polar surface area (TPSA) is 44.3 Å². The Kier molecular flexibility index (Phi) is 7.89. The SMILES string of the molecule is CCNC(O)CCCCNC. The molecule has 0 saturated carbocycles. The van der Waals surface area contributed by atoms with Gasteiger partial charge in [-0.05, 0) is 39.4 Å². The molecule has 0 bridgehead atoms. The molecule has 11 heavy (non-hydrogen) atoms. The zero-order valence-electron chi connectivity index (χ0n) is 7.56. The third kappa shape index (κ3) is 7.78. The van der Waals surface area contributed by atoms with Crippen molar-refractivity contribution in [2.24, 2.45) is 0 Å². The zero-order chi connectivity index (χ0) is 8.53. The Bertz CT molecular complexity index is 78.5. The second kappa shape index (κ2) is 7.98. The number of nitrogens with one attached hydrogen (secondary N) is 2. The fourth-order valence-corrected chi connectivity index (χ4v) is 0.977. The van der Waals surface area contributed by atoms with Gasteiger partial charge in [-0.25, -0.2) is 0 Å². The molecule has 0 radical (unpaired) electrons. The first kappa shape index (κ1) is 10.9. The van der Waals surface area contributed by atoms with E-state index in [1.807, 2.05) is 14.0 Å². The maximum Gasteiger partial charge on any atom is 0.104 e. The summed E-state index contributed by atoms with van der Waals surface area (Å²) in [4.78, 5) is 0. The van der Waals surface area contributed by atoms with E-state index in [0.29, 0.717) is 0 Å². The van der Waals surface area contributed by atoms with Gasteiger partial charge in [0, 0.05) is 0 Å². The Morgan fingerprint density at radius 3 is 2.64 bits per heavy atom. The molecule has 3 nitrogen and oxygen atoms in total. The molecule has 0 saturated heterocycles. The number of hydrogen-bond acceptors (Lipinski definition) is 3. The number of hydrogen-bond donors (Lipinski definition) is 3. The molecule has 0 spiro atoms. The number of aliphatic hydroxyl groups is 1. The Balaban J connectivity index is 2.97. The largest absolute Gasteiger partial charge is 0.379 e. The molecule has 0 aliphatic heterocycles. The molecular formula is C8H20N2O. The molecule has 68 valence electrons. The summed E-state index contributed by atoms with van der Waals surface area (Å²) in [5, 5.41) is 15.2. The lowest BCUT2D eigenvalue weighted by Gasteiger charge is -2.09. The summed E-state index contributed by atoms with van der Waals surface area (Å²) in [7, 11) is 1.95. The van der Waals surface area contributed by atoms with E-state index in [2.05, 4.69) is 10.6 Å². The minimum Gasteiger partial charge on any atom is -0.379 e. The van der Waals surface area contributed by atoms with E-state index in [1.54, 1.807) is 0 Å². The van der Waals surface area contributed by atoms with Crippen LogP contribution in [0.25, 0.3) is 0 Å². The van der Waals surface area contributed by atoms with Crippen molar-refractivity contribution in [2.75, 3.05) is 20.1 Å². The quantitative estimate of drug-likeness (QED) is 0.371. The lowest BCUT2D eigenvalue weighted by Crippen LogP contribution is -2.28. The van der Waals surface area contributed by atoms with Crippen molar-refractivity contribution in [3.8, 4) is 0 Å². The van der Waals surface area contributed by atoms with Gasteiger partial charge < -0.3 is 10.4 Å². The van der Waals surface area contributed by atoms with E-state index in [1.165, 1.54) is 0 Å². The first-order valence-corrected chi connectivity index (χ1v) is 4.37. The molecule has 3 heteroatoms. The number of unbranched alkanes of at least 4 members (excludes halogenated alkanes) is 1. The minimum absolute atomic E-state index is 0.308. The van der Waals surface area contributed by atoms with Crippen molar-refractivity contribution in [2.45, 2.75) is 32.4 Å². The second-order valence-corrected chi connectivity index (χ2v) is 2.67. The average molecular weight is 160 g/mol. The van der Waals surface area contributed by atoms with Gasteiger partial charge in [-0.3, -0.25) is 5.32 Å². The standard InChI is InChI=1S/C8H20N2O/c1-3-10-8(11)6-4-5-7-9-2/h8-11H,3-7H2,1-2H3. The van der Waals surface area contributed by atoms with Crippen molar-refractivity contribution in [1.82, 2.24) is 10.6 Å². The summed E-state index contributed by atoms with van der Waals surface area (Å²) < 4.78 is 0. The van der Waals surface area contributed by atoms with Crippen LogP contribution >= 0.6 is 0 Å². The predicted molar refractivity (Wildman–Crippen MR) is 47.5 cm³/mol.